The number of nitrogens with zero attached hydrogens (tertiary/aromatic N) is 2. The van der Waals surface area contributed by atoms with Gasteiger partial charge in [0.15, 0.2) is 8.32 Å². The number of ether oxygens (including phenoxy) is 1. The topological polar surface area (TPSA) is 36.3 Å². The third-order valence-electron chi connectivity index (χ3n) is 4.95. The Labute approximate surface area is 143 Å². The maximum absolute atomic E-state index is 6.31. The molecule has 1 atom stereocenters. The van der Waals surface area contributed by atoms with Gasteiger partial charge >= 0.3 is 0 Å². The van der Waals surface area contributed by atoms with Gasteiger partial charge in [0.2, 0.25) is 0 Å². The van der Waals surface area contributed by atoms with Crippen LogP contribution in [0, 0.1) is 6.92 Å². The molecule has 126 valence electrons. The van der Waals surface area contributed by atoms with Crippen molar-refractivity contribution in [3.63, 3.8) is 0 Å². The predicted molar refractivity (Wildman–Crippen MR) is 95.5 cm³/mol. The molecular formula is C16H29BrN2O2Si. The minimum atomic E-state index is -1.76. The van der Waals surface area contributed by atoms with Gasteiger partial charge in [0.05, 0.1) is 16.8 Å². The first-order chi connectivity index (χ1) is 10.1. The molecule has 1 aliphatic heterocycles. The molecule has 0 bridgehead atoms. The summed E-state index contributed by atoms with van der Waals surface area (Å²) < 4.78 is 15.2. The summed E-state index contributed by atoms with van der Waals surface area (Å²) in [5, 5.41) is 4.97. The maximum atomic E-state index is 6.31. The van der Waals surface area contributed by atoms with E-state index in [1.54, 1.807) is 0 Å². The zero-order valence-corrected chi connectivity index (χ0v) is 17.3. The van der Waals surface area contributed by atoms with Gasteiger partial charge in [-0.3, -0.25) is 0 Å². The minimum absolute atomic E-state index is 0.0756. The van der Waals surface area contributed by atoms with Crippen LogP contribution < -0.4 is 0 Å². The Bertz CT molecular complexity index is 517. The molecule has 1 saturated heterocycles. The van der Waals surface area contributed by atoms with Gasteiger partial charge in [-0.1, -0.05) is 20.8 Å². The molecule has 1 unspecified atom stereocenters. The molecule has 0 N–H and O–H groups in total. The van der Waals surface area contributed by atoms with E-state index in [1.807, 2.05) is 4.68 Å². The third kappa shape index (κ3) is 3.83. The van der Waals surface area contributed by atoms with Crippen molar-refractivity contribution in [3.05, 3.63) is 15.9 Å². The van der Waals surface area contributed by atoms with E-state index < -0.39 is 8.32 Å². The van der Waals surface area contributed by atoms with Gasteiger partial charge in [-0.05, 0) is 60.2 Å². The van der Waals surface area contributed by atoms with Gasteiger partial charge in [0.1, 0.15) is 11.9 Å². The van der Waals surface area contributed by atoms with Crippen LogP contribution in [0.3, 0.4) is 0 Å². The predicted octanol–water partition coefficient (Wildman–Crippen LogP) is 5.17. The van der Waals surface area contributed by atoms with E-state index in [2.05, 4.69) is 56.7 Å². The second kappa shape index (κ2) is 6.75. The molecule has 0 aliphatic carbocycles. The van der Waals surface area contributed by atoms with E-state index in [1.165, 1.54) is 6.42 Å². The SMILES string of the molecule is Cc1c(Br)c(CO[Si](C)(C)C(C)(C)C)nn1C1CCCCO1. The largest absolute Gasteiger partial charge is 0.411 e. The minimum Gasteiger partial charge on any atom is -0.411 e. The molecule has 2 heterocycles. The molecule has 1 aromatic rings. The molecule has 1 fully saturated rings. The molecule has 2 rings (SSSR count). The van der Waals surface area contributed by atoms with Crippen molar-refractivity contribution in [1.82, 2.24) is 9.78 Å². The zero-order chi connectivity index (χ0) is 16.5. The molecule has 0 amide bonds. The Morgan fingerprint density at radius 3 is 2.59 bits per heavy atom. The van der Waals surface area contributed by atoms with Crippen molar-refractivity contribution in [3.8, 4) is 0 Å². The molecule has 1 aliphatic rings. The summed E-state index contributed by atoms with van der Waals surface area (Å²) >= 11 is 3.68. The van der Waals surface area contributed by atoms with Gasteiger partial charge in [-0.2, -0.15) is 5.10 Å². The molecule has 0 spiro atoms. The summed E-state index contributed by atoms with van der Waals surface area (Å²) in [7, 11) is -1.76. The highest BCUT2D eigenvalue weighted by Crippen LogP contribution is 2.37. The van der Waals surface area contributed by atoms with Crippen molar-refractivity contribution >= 4 is 24.2 Å². The Hall–Kier alpha value is -0.173. The molecule has 1 aromatic heterocycles. The van der Waals surface area contributed by atoms with E-state index in [-0.39, 0.29) is 11.3 Å². The van der Waals surface area contributed by atoms with E-state index >= 15 is 0 Å². The Morgan fingerprint density at radius 2 is 2.05 bits per heavy atom. The van der Waals surface area contributed by atoms with Crippen LogP contribution in [0.1, 0.15) is 57.6 Å². The number of aromatic nitrogens is 2. The highest BCUT2D eigenvalue weighted by atomic mass is 79.9. The van der Waals surface area contributed by atoms with Crippen LogP contribution in [0.5, 0.6) is 0 Å². The Morgan fingerprint density at radius 1 is 1.36 bits per heavy atom. The van der Waals surface area contributed by atoms with Crippen molar-refractivity contribution in [2.45, 2.75) is 77.9 Å². The quantitative estimate of drug-likeness (QED) is 0.666. The van der Waals surface area contributed by atoms with Crippen LogP contribution in [-0.2, 0) is 15.8 Å². The lowest BCUT2D eigenvalue weighted by atomic mass is 10.2. The van der Waals surface area contributed by atoms with Gasteiger partial charge in [-0.25, -0.2) is 4.68 Å². The lowest BCUT2D eigenvalue weighted by Gasteiger charge is -2.35. The summed E-state index contributed by atoms with van der Waals surface area (Å²) in [6, 6.07) is 0. The van der Waals surface area contributed by atoms with Gasteiger partial charge in [0, 0.05) is 6.61 Å². The van der Waals surface area contributed by atoms with Gasteiger partial charge in [0.25, 0.3) is 0 Å². The van der Waals surface area contributed by atoms with Crippen molar-refractivity contribution in [1.29, 1.82) is 0 Å². The fraction of sp³-hybridized carbons (Fsp3) is 0.812. The van der Waals surface area contributed by atoms with Crippen LogP contribution in [0.25, 0.3) is 0 Å². The number of halogens is 1. The smallest absolute Gasteiger partial charge is 0.192 e. The summed E-state index contributed by atoms with van der Waals surface area (Å²) in [6.07, 6.45) is 3.47. The first-order valence-electron chi connectivity index (χ1n) is 8.12. The summed E-state index contributed by atoms with van der Waals surface area (Å²) in [6.45, 7) is 14.8. The van der Waals surface area contributed by atoms with E-state index in [0.29, 0.717) is 6.61 Å². The van der Waals surface area contributed by atoms with E-state index in [0.717, 1.165) is 35.3 Å². The fourth-order valence-electron chi connectivity index (χ4n) is 2.31. The number of rotatable bonds is 4. The van der Waals surface area contributed by atoms with Crippen LogP contribution in [-0.4, -0.2) is 24.7 Å². The molecule has 4 nitrogen and oxygen atoms in total. The zero-order valence-electron chi connectivity index (χ0n) is 14.7. The molecule has 0 saturated carbocycles. The van der Waals surface area contributed by atoms with Crippen molar-refractivity contribution < 1.29 is 9.16 Å². The second-order valence-corrected chi connectivity index (χ2v) is 13.3. The van der Waals surface area contributed by atoms with Gasteiger partial charge < -0.3 is 9.16 Å². The maximum Gasteiger partial charge on any atom is 0.192 e. The third-order valence-corrected chi connectivity index (χ3v) is 10.5. The first-order valence-corrected chi connectivity index (χ1v) is 11.8. The van der Waals surface area contributed by atoms with Crippen LogP contribution in [0.15, 0.2) is 4.47 Å². The summed E-state index contributed by atoms with van der Waals surface area (Å²) in [5.41, 5.74) is 2.11. The summed E-state index contributed by atoms with van der Waals surface area (Å²) in [5.74, 6) is 0. The molecular weight excluding hydrogens is 360 g/mol. The monoisotopic (exact) mass is 388 g/mol. The highest BCUT2D eigenvalue weighted by Gasteiger charge is 2.37. The lowest BCUT2D eigenvalue weighted by Crippen LogP contribution is -2.40. The highest BCUT2D eigenvalue weighted by molar-refractivity contribution is 9.10. The molecule has 0 aromatic carbocycles. The number of hydrogen-bond donors (Lipinski definition) is 0. The summed E-state index contributed by atoms with van der Waals surface area (Å²) in [4.78, 5) is 0. The molecule has 0 radical (unpaired) electrons. The van der Waals surface area contributed by atoms with E-state index in [9.17, 15) is 0 Å². The Kier molecular flexibility index (Phi) is 5.57. The fourth-order valence-corrected chi connectivity index (χ4v) is 3.62. The molecule has 6 heteroatoms. The lowest BCUT2D eigenvalue weighted by molar-refractivity contribution is -0.0410. The van der Waals surface area contributed by atoms with Crippen LogP contribution in [0.4, 0.5) is 0 Å². The van der Waals surface area contributed by atoms with Gasteiger partial charge in [-0.15, -0.1) is 0 Å². The molecule has 22 heavy (non-hydrogen) atoms. The van der Waals surface area contributed by atoms with Crippen molar-refractivity contribution in [2.75, 3.05) is 6.61 Å². The first kappa shape index (κ1) is 18.2. The normalized spacial score (nSPS) is 20.4. The van der Waals surface area contributed by atoms with Crippen LogP contribution >= 0.6 is 15.9 Å². The average Bonchev–Trinajstić information content (AvgIpc) is 2.73. The van der Waals surface area contributed by atoms with Crippen LogP contribution in [0.2, 0.25) is 18.1 Å². The standard InChI is InChI=1S/C16H29BrN2O2Si/c1-12-15(17)13(11-21-22(5,6)16(2,3)4)18-19(12)14-9-7-8-10-20-14/h14H,7-11H2,1-6H3. The Balaban J connectivity index is 2.12. The number of hydrogen-bond acceptors (Lipinski definition) is 3. The van der Waals surface area contributed by atoms with E-state index in [4.69, 9.17) is 14.3 Å². The second-order valence-electron chi connectivity index (χ2n) is 7.66. The average molecular weight is 389 g/mol. The van der Waals surface area contributed by atoms with Crippen molar-refractivity contribution in [2.24, 2.45) is 0 Å².